The Balaban J connectivity index is 2.43. The average molecular weight is 337 g/mol. The van der Waals surface area contributed by atoms with Crippen LogP contribution in [-0.2, 0) is 0 Å². The Morgan fingerprint density at radius 3 is 2.76 bits per heavy atom. The van der Waals surface area contributed by atoms with Gasteiger partial charge in [0.2, 0.25) is 0 Å². The van der Waals surface area contributed by atoms with Gasteiger partial charge in [-0.05, 0) is 67.2 Å². The molecule has 0 fully saturated rings. The number of halogens is 1. The van der Waals surface area contributed by atoms with Gasteiger partial charge in [0.15, 0.2) is 0 Å². The van der Waals surface area contributed by atoms with E-state index in [0.29, 0.717) is 13.0 Å². The number of hydrogen-bond donors (Lipinski definition) is 0. The first-order valence-electron chi connectivity index (χ1n) is 8.98. The summed E-state index contributed by atoms with van der Waals surface area (Å²) in [4.78, 5) is 4.83. The molecule has 0 amide bonds. The summed E-state index contributed by atoms with van der Waals surface area (Å²) in [5.74, 6) is -0.231. The molecule has 1 aromatic carbocycles. The van der Waals surface area contributed by atoms with Crippen LogP contribution in [0.25, 0.3) is 5.57 Å². The summed E-state index contributed by atoms with van der Waals surface area (Å²) in [5.41, 5.74) is 7.97. The first-order valence-corrected chi connectivity index (χ1v) is 8.98. The minimum atomic E-state index is -0.231. The Labute approximate surface area is 151 Å². The van der Waals surface area contributed by atoms with Gasteiger partial charge in [0.1, 0.15) is 5.82 Å². The summed E-state index contributed by atoms with van der Waals surface area (Å²) in [6.07, 6.45) is 7.11. The van der Waals surface area contributed by atoms with Crippen LogP contribution in [0.4, 0.5) is 4.39 Å². The Kier molecular flexibility index (Phi) is 6.69. The van der Waals surface area contributed by atoms with E-state index in [2.05, 4.69) is 46.4 Å². The van der Waals surface area contributed by atoms with Gasteiger partial charge in [-0.3, -0.25) is 4.99 Å². The second-order valence-corrected chi connectivity index (χ2v) is 6.54. The van der Waals surface area contributed by atoms with Gasteiger partial charge in [0.05, 0.1) is 6.54 Å². The van der Waals surface area contributed by atoms with Crippen LogP contribution in [0, 0.1) is 5.82 Å². The van der Waals surface area contributed by atoms with Crippen molar-refractivity contribution in [2.75, 3.05) is 6.54 Å². The second-order valence-electron chi connectivity index (χ2n) is 6.54. The van der Waals surface area contributed by atoms with Crippen LogP contribution in [-0.4, -0.2) is 12.3 Å². The van der Waals surface area contributed by atoms with Crippen LogP contribution in [0.3, 0.4) is 0 Å². The molecule has 0 radical (unpaired) electrons. The fourth-order valence-electron chi connectivity index (χ4n) is 3.21. The highest BCUT2D eigenvalue weighted by Gasteiger charge is 2.19. The van der Waals surface area contributed by atoms with E-state index in [1.807, 2.05) is 6.07 Å². The van der Waals surface area contributed by atoms with Crippen LogP contribution in [0.5, 0.6) is 0 Å². The molecule has 0 saturated heterocycles. The predicted molar refractivity (Wildman–Crippen MR) is 107 cm³/mol. The van der Waals surface area contributed by atoms with Gasteiger partial charge in [0.25, 0.3) is 0 Å². The normalized spacial score (nSPS) is 15.6. The SMILES string of the molecule is C=C(CC1=NCC=C(C)C(CCC)=C1/C(C)=C\C)c1cccc(F)c1. The highest BCUT2D eigenvalue weighted by Crippen LogP contribution is 2.31. The zero-order valence-electron chi connectivity index (χ0n) is 15.8. The standard InChI is InChI=1S/C23H28FN/c1-6-9-21-17(4)12-13-25-22(23(21)16(3)7-2)14-18(5)19-10-8-11-20(24)15-19/h7-8,10-12,15H,5-6,9,13-14H2,1-4H3/b16-7-. The minimum absolute atomic E-state index is 0.231. The number of allylic oxidation sites excluding steroid dienone is 6. The molecule has 0 atom stereocenters. The fourth-order valence-corrected chi connectivity index (χ4v) is 3.21. The Morgan fingerprint density at radius 2 is 2.12 bits per heavy atom. The molecule has 0 aromatic heterocycles. The monoisotopic (exact) mass is 337 g/mol. The molecule has 1 aliphatic rings. The molecular weight excluding hydrogens is 309 g/mol. The third-order valence-corrected chi connectivity index (χ3v) is 4.69. The van der Waals surface area contributed by atoms with Gasteiger partial charge >= 0.3 is 0 Å². The number of nitrogens with zero attached hydrogens (tertiary/aromatic N) is 1. The smallest absolute Gasteiger partial charge is 0.123 e. The van der Waals surface area contributed by atoms with Crippen molar-refractivity contribution in [2.45, 2.75) is 47.0 Å². The lowest BCUT2D eigenvalue weighted by atomic mass is 9.87. The van der Waals surface area contributed by atoms with Gasteiger partial charge in [0, 0.05) is 17.7 Å². The van der Waals surface area contributed by atoms with Crippen LogP contribution in [0.1, 0.15) is 52.5 Å². The number of aliphatic imine (C=N–C) groups is 1. The lowest BCUT2D eigenvalue weighted by molar-refractivity contribution is 0.627. The van der Waals surface area contributed by atoms with E-state index >= 15 is 0 Å². The number of benzene rings is 1. The maximum Gasteiger partial charge on any atom is 0.123 e. The Morgan fingerprint density at radius 1 is 1.36 bits per heavy atom. The summed E-state index contributed by atoms with van der Waals surface area (Å²) in [6, 6.07) is 6.64. The van der Waals surface area contributed by atoms with Crippen molar-refractivity contribution in [3.8, 4) is 0 Å². The minimum Gasteiger partial charge on any atom is -0.285 e. The van der Waals surface area contributed by atoms with Gasteiger partial charge in [-0.25, -0.2) is 4.39 Å². The van der Waals surface area contributed by atoms with Crippen molar-refractivity contribution in [1.82, 2.24) is 0 Å². The number of rotatable bonds is 6. The maximum atomic E-state index is 13.5. The highest BCUT2D eigenvalue weighted by atomic mass is 19.1. The van der Waals surface area contributed by atoms with Crippen LogP contribution >= 0.6 is 0 Å². The molecule has 1 aromatic rings. The summed E-state index contributed by atoms with van der Waals surface area (Å²) >= 11 is 0. The molecule has 25 heavy (non-hydrogen) atoms. The van der Waals surface area contributed by atoms with E-state index in [-0.39, 0.29) is 5.82 Å². The first-order chi connectivity index (χ1) is 12.0. The molecule has 0 bridgehead atoms. The van der Waals surface area contributed by atoms with E-state index in [1.165, 1.54) is 28.4 Å². The van der Waals surface area contributed by atoms with Gasteiger partial charge < -0.3 is 0 Å². The van der Waals surface area contributed by atoms with E-state index in [0.717, 1.165) is 29.7 Å². The quantitative estimate of drug-likeness (QED) is 0.548. The van der Waals surface area contributed by atoms with Gasteiger partial charge in [-0.2, -0.15) is 0 Å². The number of hydrogen-bond acceptors (Lipinski definition) is 1. The van der Waals surface area contributed by atoms with Crippen molar-refractivity contribution in [2.24, 2.45) is 4.99 Å². The van der Waals surface area contributed by atoms with Crippen molar-refractivity contribution in [1.29, 1.82) is 0 Å². The van der Waals surface area contributed by atoms with E-state index in [9.17, 15) is 4.39 Å². The van der Waals surface area contributed by atoms with Crippen molar-refractivity contribution in [3.63, 3.8) is 0 Å². The largest absolute Gasteiger partial charge is 0.285 e. The molecule has 0 unspecified atom stereocenters. The molecule has 1 heterocycles. The van der Waals surface area contributed by atoms with E-state index in [4.69, 9.17) is 4.99 Å². The summed E-state index contributed by atoms with van der Waals surface area (Å²) in [5, 5.41) is 0. The topological polar surface area (TPSA) is 12.4 Å². The predicted octanol–water partition coefficient (Wildman–Crippen LogP) is 6.69. The first kappa shape index (κ1) is 19.1. The zero-order valence-corrected chi connectivity index (χ0v) is 15.8. The van der Waals surface area contributed by atoms with Gasteiger partial charge in [-0.15, -0.1) is 0 Å². The molecular formula is C23H28FN. The average Bonchev–Trinajstić information content (AvgIpc) is 2.74. The zero-order chi connectivity index (χ0) is 18.4. The molecule has 0 aliphatic carbocycles. The molecule has 0 spiro atoms. The van der Waals surface area contributed by atoms with E-state index in [1.54, 1.807) is 12.1 Å². The Hall–Kier alpha value is -2.22. The third-order valence-electron chi connectivity index (χ3n) is 4.69. The molecule has 0 N–H and O–H groups in total. The van der Waals surface area contributed by atoms with Crippen molar-refractivity contribution in [3.05, 3.63) is 76.7 Å². The molecule has 0 saturated carbocycles. The van der Waals surface area contributed by atoms with Crippen LogP contribution < -0.4 is 0 Å². The van der Waals surface area contributed by atoms with Crippen LogP contribution in [0.2, 0.25) is 0 Å². The van der Waals surface area contributed by atoms with Gasteiger partial charge in [-0.1, -0.05) is 44.2 Å². The maximum absolute atomic E-state index is 13.5. The van der Waals surface area contributed by atoms with Crippen LogP contribution in [0.15, 0.2) is 70.3 Å². The van der Waals surface area contributed by atoms with Crippen molar-refractivity contribution >= 4 is 11.3 Å². The second kappa shape index (κ2) is 8.75. The summed E-state index contributed by atoms with van der Waals surface area (Å²) < 4.78 is 13.5. The molecule has 132 valence electrons. The van der Waals surface area contributed by atoms with Crippen molar-refractivity contribution < 1.29 is 4.39 Å². The van der Waals surface area contributed by atoms with E-state index < -0.39 is 0 Å². The summed E-state index contributed by atoms with van der Waals surface area (Å²) in [6.45, 7) is 13.5. The lowest BCUT2D eigenvalue weighted by Crippen LogP contribution is -2.09. The molecule has 1 nitrogen and oxygen atoms in total. The fraction of sp³-hybridized carbons (Fsp3) is 0.348. The Bertz CT molecular complexity index is 775. The molecule has 2 heteroatoms. The molecule has 2 rings (SSSR count). The highest BCUT2D eigenvalue weighted by molar-refractivity contribution is 6.09. The third kappa shape index (κ3) is 4.66. The lowest BCUT2D eigenvalue weighted by Gasteiger charge is -2.18. The molecule has 1 aliphatic heterocycles. The summed E-state index contributed by atoms with van der Waals surface area (Å²) in [7, 11) is 0.